The first kappa shape index (κ1) is 29.2. The van der Waals surface area contributed by atoms with Gasteiger partial charge in [-0.2, -0.15) is 0 Å². The van der Waals surface area contributed by atoms with Gasteiger partial charge in [-0.3, -0.25) is 13.9 Å². The standard InChI is InChI=1S/C29H33Cl2N3O4S/c1-3-26(29(36)32-21-12-5-6-13-21)33(18-23-24(30)15-9-16-25(23)31)28(35)19-34(39(2,37)38)27-17-8-11-20-10-4-7-14-22(20)27/h4,7-11,14-17,21,26H,3,5-6,12-13,18-19H2,1-2H3,(H,32,36)/t26-/m0/s1. The fourth-order valence-corrected chi connectivity index (χ4v) is 6.54. The van der Waals surface area contributed by atoms with Crippen molar-refractivity contribution in [1.82, 2.24) is 10.2 Å². The van der Waals surface area contributed by atoms with Gasteiger partial charge in [-0.25, -0.2) is 8.42 Å². The van der Waals surface area contributed by atoms with Crippen LogP contribution in [0, 0.1) is 0 Å². The van der Waals surface area contributed by atoms with Crippen LogP contribution in [-0.4, -0.2) is 50.0 Å². The monoisotopic (exact) mass is 589 g/mol. The van der Waals surface area contributed by atoms with Gasteiger partial charge >= 0.3 is 0 Å². The fraction of sp³-hybridized carbons (Fsp3) is 0.379. The van der Waals surface area contributed by atoms with Crippen LogP contribution in [0.2, 0.25) is 10.0 Å². The Hall–Kier alpha value is -2.81. The molecule has 0 spiro atoms. The third kappa shape index (κ3) is 6.86. The van der Waals surface area contributed by atoms with E-state index in [2.05, 4.69) is 5.32 Å². The Kier molecular flexibility index (Phi) is 9.41. The van der Waals surface area contributed by atoms with Crippen molar-refractivity contribution >= 4 is 61.5 Å². The van der Waals surface area contributed by atoms with Crippen molar-refractivity contribution in [1.29, 1.82) is 0 Å². The summed E-state index contributed by atoms with van der Waals surface area (Å²) < 4.78 is 27.2. The zero-order valence-corrected chi connectivity index (χ0v) is 24.4. The van der Waals surface area contributed by atoms with Crippen molar-refractivity contribution in [3.8, 4) is 0 Å². The molecule has 1 atom stereocenters. The minimum Gasteiger partial charge on any atom is -0.352 e. The van der Waals surface area contributed by atoms with Crippen molar-refractivity contribution in [2.75, 3.05) is 17.1 Å². The van der Waals surface area contributed by atoms with E-state index < -0.39 is 28.5 Å². The van der Waals surface area contributed by atoms with E-state index in [1.165, 1.54) is 4.90 Å². The third-order valence-electron chi connectivity index (χ3n) is 7.19. The van der Waals surface area contributed by atoms with E-state index in [1.807, 2.05) is 37.3 Å². The van der Waals surface area contributed by atoms with Gasteiger partial charge in [-0.05, 0) is 42.8 Å². The highest BCUT2D eigenvalue weighted by atomic mass is 35.5. The minimum absolute atomic E-state index is 0.0406. The molecule has 1 N–H and O–H groups in total. The molecule has 1 fully saturated rings. The van der Waals surface area contributed by atoms with Crippen molar-refractivity contribution < 1.29 is 18.0 Å². The number of anilines is 1. The number of nitrogens with zero attached hydrogens (tertiary/aromatic N) is 2. The lowest BCUT2D eigenvalue weighted by molar-refractivity contribution is -0.140. The molecule has 0 heterocycles. The Bertz CT molecular complexity index is 1430. The summed E-state index contributed by atoms with van der Waals surface area (Å²) in [5.41, 5.74) is 0.889. The number of halogens is 2. The molecule has 3 aromatic rings. The molecule has 208 valence electrons. The number of fused-ring (bicyclic) bond motifs is 1. The summed E-state index contributed by atoms with van der Waals surface area (Å²) >= 11 is 12.9. The first-order valence-corrected chi connectivity index (χ1v) is 15.7. The Balaban J connectivity index is 1.72. The maximum Gasteiger partial charge on any atom is 0.244 e. The van der Waals surface area contributed by atoms with Gasteiger partial charge in [-0.15, -0.1) is 0 Å². The van der Waals surface area contributed by atoms with Crippen LogP contribution in [-0.2, 0) is 26.2 Å². The van der Waals surface area contributed by atoms with Crippen LogP contribution in [0.4, 0.5) is 5.69 Å². The Morgan fingerprint density at radius 2 is 1.59 bits per heavy atom. The maximum absolute atomic E-state index is 14.0. The summed E-state index contributed by atoms with van der Waals surface area (Å²) in [4.78, 5) is 28.9. The summed E-state index contributed by atoms with van der Waals surface area (Å²) in [7, 11) is -3.87. The number of hydrogen-bond donors (Lipinski definition) is 1. The lowest BCUT2D eigenvalue weighted by Gasteiger charge is -2.34. The minimum atomic E-state index is -3.87. The second-order valence-corrected chi connectivity index (χ2v) is 12.6. The summed E-state index contributed by atoms with van der Waals surface area (Å²) in [5.74, 6) is -0.797. The quantitative estimate of drug-likeness (QED) is 0.325. The zero-order valence-electron chi connectivity index (χ0n) is 22.1. The topological polar surface area (TPSA) is 86.8 Å². The van der Waals surface area contributed by atoms with E-state index in [4.69, 9.17) is 23.2 Å². The van der Waals surface area contributed by atoms with Gasteiger partial charge in [-0.1, -0.05) is 85.4 Å². The predicted molar refractivity (Wildman–Crippen MR) is 158 cm³/mol. The van der Waals surface area contributed by atoms with Crippen LogP contribution >= 0.6 is 23.2 Å². The molecule has 39 heavy (non-hydrogen) atoms. The second-order valence-electron chi connectivity index (χ2n) is 9.90. The molecule has 0 aromatic heterocycles. The van der Waals surface area contributed by atoms with Crippen molar-refractivity contribution in [2.45, 2.75) is 57.7 Å². The van der Waals surface area contributed by atoms with Gasteiger partial charge in [0.25, 0.3) is 0 Å². The Morgan fingerprint density at radius 1 is 0.974 bits per heavy atom. The molecular formula is C29H33Cl2N3O4S. The largest absolute Gasteiger partial charge is 0.352 e. The van der Waals surface area contributed by atoms with Crippen LogP contribution in [0.25, 0.3) is 10.8 Å². The highest BCUT2D eigenvalue weighted by Gasteiger charge is 2.34. The number of hydrogen-bond acceptors (Lipinski definition) is 4. The van der Waals surface area contributed by atoms with Gasteiger partial charge in [0.1, 0.15) is 12.6 Å². The summed E-state index contributed by atoms with van der Waals surface area (Å²) in [6.45, 7) is 1.30. The van der Waals surface area contributed by atoms with Crippen molar-refractivity contribution in [3.63, 3.8) is 0 Å². The number of carbonyl (C=O) groups excluding carboxylic acids is 2. The molecule has 2 amide bonds. The highest BCUT2D eigenvalue weighted by Crippen LogP contribution is 2.30. The summed E-state index contributed by atoms with van der Waals surface area (Å²) in [5, 5.41) is 5.36. The normalized spacial score (nSPS) is 14.8. The van der Waals surface area contributed by atoms with E-state index in [0.29, 0.717) is 33.1 Å². The molecule has 3 aromatic carbocycles. The summed E-state index contributed by atoms with van der Waals surface area (Å²) in [6, 6.07) is 17.0. The average Bonchev–Trinajstić information content (AvgIpc) is 3.41. The Morgan fingerprint density at radius 3 is 2.23 bits per heavy atom. The summed E-state index contributed by atoms with van der Waals surface area (Å²) in [6.07, 6.45) is 5.30. The number of benzene rings is 3. The maximum atomic E-state index is 14.0. The van der Waals surface area contributed by atoms with Gasteiger partial charge in [0.05, 0.1) is 11.9 Å². The number of sulfonamides is 1. The molecule has 0 bridgehead atoms. The molecule has 0 unspecified atom stereocenters. The van der Waals surface area contributed by atoms with Crippen molar-refractivity contribution in [3.05, 3.63) is 76.3 Å². The van der Waals surface area contributed by atoms with Crippen LogP contribution in [0.3, 0.4) is 0 Å². The van der Waals surface area contributed by atoms with Crippen LogP contribution in [0.5, 0.6) is 0 Å². The third-order valence-corrected chi connectivity index (χ3v) is 9.03. The Labute approximate surface area is 240 Å². The molecular weight excluding hydrogens is 557 g/mol. The average molecular weight is 591 g/mol. The number of rotatable bonds is 10. The van der Waals surface area contributed by atoms with E-state index in [0.717, 1.165) is 41.6 Å². The van der Waals surface area contributed by atoms with Crippen molar-refractivity contribution in [2.24, 2.45) is 0 Å². The van der Waals surface area contributed by atoms with Gasteiger partial charge in [0, 0.05) is 33.6 Å². The number of carbonyl (C=O) groups is 2. The van der Waals surface area contributed by atoms with Gasteiger partial charge < -0.3 is 10.2 Å². The molecule has 0 aliphatic heterocycles. The zero-order chi connectivity index (χ0) is 28.2. The fourth-order valence-electron chi connectivity index (χ4n) is 5.16. The molecule has 0 radical (unpaired) electrons. The van der Waals surface area contributed by atoms with E-state index in [1.54, 1.807) is 30.3 Å². The van der Waals surface area contributed by atoms with Crippen LogP contribution in [0.1, 0.15) is 44.6 Å². The highest BCUT2D eigenvalue weighted by molar-refractivity contribution is 7.92. The second kappa shape index (κ2) is 12.6. The molecule has 1 aliphatic rings. The van der Waals surface area contributed by atoms with Gasteiger partial charge in [0.2, 0.25) is 21.8 Å². The first-order chi connectivity index (χ1) is 18.6. The van der Waals surface area contributed by atoms with E-state index in [-0.39, 0.29) is 18.5 Å². The van der Waals surface area contributed by atoms with Crippen LogP contribution in [0.15, 0.2) is 60.7 Å². The van der Waals surface area contributed by atoms with E-state index >= 15 is 0 Å². The smallest absolute Gasteiger partial charge is 0.244 e. The van der Waals surface area contributed by atoms with Crippen LogP contribution < -0.4 is 9.62 Å². The molecule has 4 rings (SSSR count). The predicted octanol–water partition coefficient (Wildman–Crippen LogP) is 5.78. The number of nitrogens with one attached hydrogen (secondary N) is 1. The lowest BCUT2D eigenvalue weighted by Crippen LogP contribution is -2.53. The molecule has 1 saturated carbocycles. The SMILES string of the molecule is CC[C@@H](C(=O)NC1CCCC1)N(Cc1c(Cl)cccc1Cl)C(=O)CN(c1cccc2ccccc12)S(C)(=O)=O. The first-order valence-electron chi connectivity index (χ1n) is 13.1. The van der Waals surface area contributed by atoms with Gasteiger partial charge in [0.15, 0.2) is 0 Å². The molecule has 0 saturated heterocycles. The van der Waals surface area contributed by atoms with E-state index in [9.17, 15) is 18.0 Å². The number of amides is 2. The molecule has 1 aliphatic carbocycles. The lowest BCUT2D eigenvalue weighted by atomic mass is 10.1. The molecule has 7 nitrogen and oxygen atoms in total. The molecule has 10 heteroatoms.